The molecule has 0 heterocycles. The Bertz CT molecular complexity index is 96.6. The van der Waals surface area contributed by atoms with Crippen molar-refractivity contribution in [1.29, 1.82) is 0 Å². The van der Waals surface area contributed by atoms with E-state index in [-0.39, 0.29) is 0 Å². The van der Waals surface area contributed by atoms with Crippen molar-refractivity contribution in [3.8, 4) is 0 Å². The molecular formula is C8H14. The quantitative estimate of drug-likeness (QED) is 0.455. The monoisotopic (exact) mass is 110 g/mol. The second-order valence-electron chi connectivity index (χ2n) is 3.37. The first-order chi connectivity index (χ1) is 3.66. The Balaban J connectivity index is 2.40. The van der Waals surface area contributed by atoms with Gasteiger partial charge in [-0.1, -0.05) is 19.9 Å². The molecule has 0 aromatic carbocycles. The molecule has 0 aromatic rings. The normalized spacial score (nSPS) is 45.5. The minimum absolute atomic E-state index is 0.499. The minimum Gasteiger partial charge on any atom is -0.103 e. The topological polar surface area (TPSA) is 0 Å². The van der Waals surface area contributed by atoms with Gasteiger partial charge in [-0.15, -0.1) is 6.58 Å². The highest BCUT2D eigenvalue weighted by atomic mass is 14.4. The molecule has 1 fully saturated rings. The van der Waals surface area contributed by atoms with Crippen LogP contribution in [0.5, 0.6) is 0 Å². The minimum atomic E-state index is 0.499. The van der Waals surface area contributed by atoms with Crippen LogP contribution >= 0.6 is 0 Å². The van der Waals surface area contributed by atoms with Gasteiger partial charge in [0.25, 0.3) is 0 Å². The lowest BCUT2D eigenvalue weighted by atomic mass is 9.64. The molecule has 0 heteroatoms. The molecule has 1 aliphatic rings. The smallest absolute Gasteiger partial charge is 0.0144 e. The second-order valence-corrected chi connectivity index (χ2v) is 3.37. The highest BCUT2D eigenvalue weighted by molar-refractivity contribution is 5.00. The largest absolute Gasteiger partial charge is 0.103 e. The fourth-order valence-corrected chi connectivity index (χ4v) is 1.70. The summed E-state index contributed by atoms with van der Waals surface area (Å²) < 4.78 is 0. The van der Waals surface area contributed by atoms with Crippen molar-refractivity contribution >= 4 is 0 Å². The fraction of sp³-hybridized carbons (Fsp3) is 0.750. The Hall–Kier alpha value is -0.260. The van der Waals surface area contributed by atoms with Gasteiger partial charge in [-0.25, -0.2) is 0 Å². The van der Waals surface area contributed by atoms with E-state index >= 15 is 0 Å². The van der Waals surface area contributed by atoms with Gasteiger partial charge in [-0.2, -0.15) is 0 Å². The van der Waals surface area contributed by atoms with Gasteiger partial charge >= 0.3 is 0 Å². The summed E-state index contributed by atoms with van der Waals surface area (Å²) in [5.41, 5.74) is 0.499. The van der Waals surface area contributed by atoms with E-state index in [4.69, 9.17) is 0 Å². The maximum Gasteiger partial charge on any atom is -0.0144 e. The highest BCUT2D eigenvalue weighted by Crippen LogP contribution is 2.45. The van der Waals surface area contributed by atoms with Crippen LogP contribution in [0.2, 0.25) is 0 Å². The summed E-state index contributed by atoms with van der Waals surface area (Å²) in [5.74, 6) is 0.943. The molecule has 0 aliphatic heterocycles. The SMILES string of the molecule is C=CC1(C)CC(C)C1. The number of hydrogen-bond acceptors (Lipinski definition) is 0. The Morgan fingerprint density at radius 2 is 2.12 bits per heavy atom. The van der Waals surface area contributed by atoms with E-state index in [2.05, 4.69) is 26.5 Å². The number of hydrogen-bond donors (Lipinski definition) is 0. The first kappa shape index (κ1) is 5.87. The summed E-state index contributed by atoms with van der Waals surface area (Å²) in [6, 6.07) is 0. The molecule has 0 saturated heterocycles. The third-order valence-corrected chi connectivity index (χ3v) is 2.12. The third-order valence-electron chi connectivity index (χ3n) is 2.12. The predicted octanol–water partition coefficient (Wildman–Crippen LogP) is 2.61. The fourth-order valence-electron chi connectivity index (χ4n) is 1.70. The van der Waals surface area contributed by atoms with E-state index in [1.54, 1.807) is 0 Å². The van der Waals surface area contributed by atoms with Crippen molar-refractivity contribution in [2.75, 3.05) is 0 Å². The van der Waals surface area contributed by atoms with Crippen LogP contribution in [0.1, 0.15) is 26.7 Å². The van der Waals surface area contributed by atoms with Crippen LogP contribution in [0.15, 0.2) is 12.7 Å². The lowest BCUT2D eigenvalue weighted by molar-refractivity contribution is 0.146. The lowest BCUT2D eigenvalue weighted by Crippen LogP contribution is -2.30. The van der Waals surface area contributed by atoms with Crippen LogP contribution in [0.4, 0.5) is 0 Å². The molecule has 46 valence electrons. The predicted molar refractivity (Wildman–Crippen MR) is 36.7 cm³/mol. The molecule has 1 rings (SSSR count). The van der Waals surface area contributed by atoms with Gasteiger partial charge in [0.1, 0.15) is 0 Å². The average Bonchev–Trinajstić information content (AvgIpc) is 1.63. The zero-order valence-corrected chi connectivity index (χ0v) is 5.78. The van der Waals surface area contributed by atoms with Crippen molar-refractivity contribution in [1.82, 2.24) is 0 Å². The Morgan fingerprint density at radius 1 is 1.62 bits per heavy atom. The van der Waals surface area contributed by atoms with Crippen molar-refractivity contribution in [2.45, 2.75) is 26.7 Å². The molecule has 0 spiro atoms. The van der Waals surface area contributed by atoms with Gasteiger partial charge in [0.05, 0.1) is 0 Å². The summed E-state index contributed by atoms with van der Waals surface area (Å²) in [6.45, 7) is 8.36. The van der Waals surface area contributed by atoms with Crippen molar-refractivity contribution in [2.24, 2.45) is 11.3 Å². The van der Waals surface area contributed by atoms with E-state index in [0.717, 1.165) is 5.92 Å². The first-order valence-electron chi connectivity index (χ1n) is 3.30. The van der Waals surface area contributed by atoms with Crippen molar-refractivity contribution < 1.29 is 0 Å². The van der Waals surface area contributed by atoms with E-state index in [9.17, 15) is 0 Å². The average molecular weight is 110 g/mol. The third kappa shape index (κ3) is 0.795. The molecule has 8 heavy (non-hydrogen) atoms. The molecule has 1 aliphatic carbocycles. The zero-order chi connectivity index (χ0) is 6.20. The molecule has 0 atom stereocenters. The highest BCUT2D eigenvalue weighted by Gasteiger charge is 2.34. The summed E-state index contributed by atoms with van der Waals surface area (Å²) in [6.07, 6.45) is 4.78. The van der Waals surface area contributed by atoms with E-state index in [0.29, 0.717) is 5.41 Å². The summed E-state index contributed by atoms with van der Waals surface area (Å²) in [7, 11) is 0. The van der Waals surface area contributed by atoms with Gasteiger partial charge in [0.15, 0.2) is 0 Å². The van der Waals surface area contributed by atoms with Crippen molar-refractivity contribution in [3.63, 3.8) is 0 Å². The Morgan fingerprint density at radius 3 is 2.25 bits per heavy atom. The molecule has 0 radical (unpaired) electrons. The molecule has 0 nitrogen and oxygen atoms in total. The van der Waals surface area contributed by atoms with E-state index < -0.39 is 0 Å². The molecular weight excluding hydrogens is 96.1 g/mol. The van der Waals surface area contributed by atoms with Gasteiger partial charge in [-0.05, 0) is 24.2 Å². The summed E-state index contributed by atoms with van der Waals surface area (Å²) in [4.78, 5) is 0. The molecule has 0 aromatic heterocycles. The van der Waals surface area contributed by atoms with Gasteiger partial charge in [-0.3, -0.25) is 0 Å². The van der Waals surface area contributed by atoms with Crippen LogP contribution in [-0.4, -0.2) is 0 Å². The Labute approximate surface area is 51.6 Å². The zero-order valence-electron chi connectivity index (χ0n) is 5.78. The van der Waals surface area contributed by atoms with Crippen LogP contribution in [-0.2, 0) is 0 Å². The number of rotatable bonds is 1. The molecule has 0 bridgehead atoms. The summed E-state index contributed by atoms with van der Waals surface area (Å²) in [5, 5.41) is 0. The molecule has 1 saturated carbocycles. The van der Waals surface area contributed by atoms with Gasteiger partial charge < -0.3 is 0 Å². The molecule has 0 amide bonds. The van der Waals surface area contributed by atoms with Gasteiger partial charge in [0.2, 0.25) is 0 Å². The summed E-state index contributed by atoms with van der Waals surface area (Å²) >= 11 is 0. The lowest BCUT2D eigenvalue weighted by Gasteiger charge is -2.41. The van der Waals surface area contributed by atoms with Crippen molar-refractivity contribution in [3.05, 3.63) is 12.7 Å². The number of allylic oxidation sites excluding steroid dienone is 1. The van der Waals surface area contributed by atoms with E-state index in [1.807, 2.05) is 0 Å². The molecule has 0 unspecified atom stereocenters. The maximum atomic E-state index is 3.79. The van der Waals surface area contributed by atoms with Crippen LogP contribution in [0, 0.1) is 11.3 Å². The van der Waals surface area contributed by atoms with Crippen LogP contribution in [0.3, 0.4) is 0 Å². The standard InChI is InChI=1S/C8H14/c1-4-8(3)5-7(2)6-8/h4,7H,1,5-6H2,2-3H3. The molecule has 0 N–H and O–H groups in total. The maximum absolute atomic E-state index is 3.79. The second kappa shape index (κ2) is 1.61. The van der Waals surface area contributed by atoms with Crippen LogP contribution < -0.4 is 0 Å². The van der Waals surface area contributed by atoms with Crippen LogP contribution in [0.25, 0.3) is 0 Å². The Kier molecular flexibility index (Phi) is 1.18. The first-order valence-corrected chi connectivity index (χ1v) is 3.30. The van der Waals surface area contributed by atoms with E-state index in [1.165, 1.54) is 12.8 Å². The van der Waals surface area contributed by atoms with Gasteiger partial charge in [0, 0.05) is 0 Å².